The molecule has 0 saturated carbocycles. The first-order valence-corrected chi connectivity index (χ1v) is 11.7. The fraction of sp³-hybridized carbons (Fsp3) is 0.154. The Hall–Kier alpha value is -3.51. The normalized spacial score (nSPS) is 11.5. The Morgan fingerprint density at radius 3 is 2.25 bits per heavy atom. The smallest absolute Gasteiger partial charge is 0.339 e. The molecule has 6 heteroatoms. The molecule has 164 valence electrons. The van der Waals surface area contributed by atoms with E-state index in [1.54, 1.807) is 24.3 Å². The minimum Gasteiger partial charge on any atom is -0.398 e. The Kier molecular flexibility index (Phi) is 5.57. The van der Waals surface area contributed by atoms with E-state index in [1.807, 2.05) is 81.4 Å². The first-order valence-electron chi connectivity index (χ1n) is 10.3. The third-order valence-electron chi connectivity index (χ3n) is 5.50. The largest absolute Gasteiger partial charge is 0.398 e. The molecule has 2 N–H and O–H groups in total. The van der Waals surface area contributed by atoms with Crippen LogP contribution in [0.3, 0.4) is 0 Å². The van der Waals surface area contributed by atoms with Crippen molar-refractivity contribution >= 4 is 32.3 Å². The second kappa shape index (κ2) is 8.20. The monoisotopic (exact) mass is 446 g/mol. The van der Waals surface area contributed by atoms with Gasteiger partial charge in [0.1, 0.15) is 10.6 Å². The zero-order valence-electron chi connectivity index (χ0n) is 18.6. The number of nitrogens with zero attached hydrogens (tertiary/aromatic N) is 1. The number of fused-ring (bicyclic) bond motifs is 1. The molecule has 0 unspecified atom stereocenters. The van der Waals surface area contributed by atoms with Gasteiger partial charge in [-0.1, -0.05) is 42.5 Å². The van der Waals surface area contributed by atoms with Crippen molar-refractivity contribution in [2.75, 3.05) is 24.7 Å². The highest BCUT2D eigenvalue weighted by atomic mass is 32.2. The van der Waals surface area contributed by atoms with Crippen molar-refractivity contribution in [3.63, 3.8) is 0 Å². The third-order valence-corrected chi connectivity index (χ3v) is 6.80. The SMILES string of the molecule is Cc1ccc(-c2ccc(OS(=O)(=O)c3cccc4c(N(C)C)cccc34)c(C)c2)c(N)c1. The maximum Gasteiger partial charge on any atom is 0.339 e. The van der Waals surface area contributed by atoms with Gasteiger partial charge in [0.2, 0.25) is 0 Å². The highest BCUT2D eigenvalue weighted by molar-refractivity contribution is 7.87. The van der Waals surface area contributed by atoms with Crippen molar-refractivity contribution in [1.29, 1.82) is 0 Å². The van der Waals surface area contributed by atoms with Crippen LogP contribution in [0.25, 0.3) is 21.9 Å². The second-order valence-electron chi connectivity index (χ2n) is 8.13. The number of aryl methyl sites for hydroxylation is 2. The number of nitrogens with two attached hydrogens (primary N) is 1. The van der Waals surface area contributed by atoms with Gasteiger partial charge in [-0.3, -0.25) is 0 Å². The van der Waals surface area contributed by atoms with E-state index in [2.05, 4.69) is 0 Å². The highest BCUT2D eigenvalue weighted by Crippen LogP contribution is 2.34. The number of hydrogen-bond acceptors (Lipinski definition) is 5. The van der Waals surface area contributed by atoms with Crippen molar-refractivity contribution in [3.05, 3.63) is 83.9 Å². The van der Waals surface area contributed by atoms with Crippen LogP contribution in [0.2, 0.25) is 0 Å². The van der Waals surface area contributed by atoms with Crippen molar-refractivity contribution < 1.29 is 12.6 Å². The second-order valence-corrected chi connectivity index (χ2v) is 9.65. The average Bonchev–Trinajstić information content (AvgIpc) is 2.74. The van der Waals surface area contributed by atoms with Gasteiger partial charge in [0.05, 0.1) is 0 Å². The van der Waals surface area contributed by atoms with E-state index in [9.17, 15) is 8.42 Å². The maximum absolute atomic E-state index is 13.2. The van der Waals surface area contributed by atoms with Gasteiger partial charge in [0.25, 0.3) is 0 Å². The minimum absolute atomic E-state index is 0.143. The van der Waals surface area contributed by atoms with E-state index >= 15 is 0 Å². The lowest BCUT2D eigenvalue weighted by molar-refractivity contribution is 0.485. The summed E-state index contributed by atoms with van der Waals surface area (Å²) in [7, 11) is -0.182. The van der Waals surface area contributed by atoms with Crippen LogP contribution in [0, 0.1) is 13.8 Å². The highest BCUT2D eigenvalue weighted by Gasteiger charge is 2.22. The summed E-state index contributed by atoms with van der Waals surface area (Å²) in [4.78, 5) is 2.10. The van der Waals surface area contributed by atoms with Crippen LogP contribution in [0.1, 0.15) is 11.1 Å². The maximum atomic E-state index is 13.2. The standard InChI is InChI=1S/C26H26N2O3S/c1-17-11-13-20(23(27)15-17)19-12-14-25(18(2)16-19)31-32(29,30)26-10-6-7-21-22(26)8-5-9-24(21)28(3)4/h5-16H,27H2,1-4H3. The van der Waals surface area contributed by atoms with Gasteiger partial charge in [-0.2, -0.15) is 8.42 Å². The van der Waals surface area contributed by atoms with Gasteiger partial charge in [0, 0.05) is 41.8 Å². The van der Waals surface area contributed by atoms with Crippen LogP contribution in [-0.4, -0.2) is 22.5 Å². The lowest BCUT2D eigenvalue weighted by Gasteiger charge is -2.17. The summed E-state index contributed by atoms with van der Waals surface area (Å²) in [5.74, 6) is 0.292. The van der Waals surface area contributed by atoms with Gasteiger partial charge in [-0.25, -0.2) is 0 Å². The zero-order chi connectivity index (χ0) is 23.0. The van der Waals surface area contributed by atoms with Crippen molar-refractivity contribution in [2.45, 2.75) is 18.7 Å². The molecule has 0 aliphatic carbocycles. The molecule has 0 spiro atoms. The fourth-order valence-electron chi connectivity index (χ4n) is 3.89. The molecule has 4 aromatic carbocycles. The summed E-state index contributed by atoms with van der Waals surface area (Å²) in [6.45, 7) is 3.81. The lowest BCUT2D eigenvalue weighted by atomic mass is 10.00. The molecule has 4 aromatic rings. The number of hydrogen-bond donors (Lipinski definition) is 1. The van der Waals surface area contributed by atoms with Crippen LogP contribution >= 0.6 is 0 Å². The van der Waals surface area contributed by atoms with Gasteiger partial charge in [0.15, 0.2) is 0 Å². The molecule has 5 nitrogen and oxygen atoms in total. The summed E-state index contributed by atoms with van der Waals surface area (Å²) in [5, 5.41) is 1.48. The van der Waals surface area contributed by atoms with E-state index in [0.717, 1.165) is 27.8 Å². The number of rotatable bonds is 5. The summed E-state index contributed by atoms with van der Waals surface area (Å²) in [6, 6.07) is 22.1. The van der Waals surface area contributed by atoms with Crippen LogP contribution in [0.15, 0.2) is 77.7 Å². The molecule has 0 fully saturated rings. The van der Waals surface area contributed by atoms with Gasteiger partial charge in [-0.15, -0.1) is 0 Å². The summed E-state index contributed by atoms with van der Waals surface area (Å²) in [6.07, 6.45) is 0. The summed E-state index contributed by atoms with van der Waals surface area (Å²) >= 11 is 0. The van der Waals surface area contributed by atoms with Crippen LogP contribution in [0.4, 0.5) is 11.4 Å². The van der Waals surface area contributed by atoms with Crippen LogP contribution in [0.5, 0.6) is 5.75 Å². The van der Waals surface area contributed by atoms with Gasteiger partial charge < -0.3 is 14.8 Å². The number of anilines is 2. The first kappa shape index (κ1) is 21.7. The Morgan fingerprint density at radius 1 is 0.844 bits per heavy atom. The third kappa shape index (κ3) is 4.01. The molecule has 0 radical (unpaired) electrons. The molecule has 0 heterocycles. The van der Waals surface area contributed by atoms with E-state index in [1.165, 1.54) is 0 Å². The zero-order valence-corrected chi connectivity index (χ0v) is 19.4. The van der Waals surface area contributed by atoms with E-state index in [4.69, 9.17) is 9.92 Å². The fourth-order valence-corrected chi connectivity index (χ4v) is 5.10. The molecule has 0 amide bonds. The van der Waals surface area contributed by atoms with Crippen LogP contribution in [-0.2, 0) is 10.1 Å². The molecule has 0 aliphatic rings. The van der Waals surface area contributed by atoms with E-state index in [-0.39, 0.29) is 4.90 Å². The van der Waals surface area contributed by atoms with E-state index in [0.29, 0.717) is 22.4 Å². The molecule has 0 bridgehead atoms. The summed E-state index contributed by atoms with van der Waals surface area (Å²) < 4.78 is 32.1. The Balaban J connectivity index is 1.72. The summed E-state index contributed by atoms with van der Waals surface area (Å²) in [5.41, 5.74) is 11.4. The molecular formula is C26H26N2O3S. The molecular weight excluding hydrogens is 420 g/mol. The Labute approximate surface area is 189 Å². The van der Waals surface area contributed by atoms with Gasteiger partial charge in [-0.05, 0) is 60.9 Å². The van der Waals surface area contributed by atoms with E-state index < -0.39 is 10.1 Å². The Morgan fingerprint density at radius 2 is 1.56 bits per heavy atom. The lowest BCUT2D eigenvalue weighted by Crippen LogP contribution is -2.12. The predicted molar refractivity (Wildman–Crippen MR) is 132 cm³/mol. The topological polar surface area (TPSA) is 72.6 Å². The molecule has 4 rings (SSSR count). The van der Waals surface area contributed by atoms with Crippen molar-refractivity contribution in [3.8, 4) is 16.9 Å². The molecule has 0 aliphatic heterocycles. The number of benzene rings is 4. The number of nitrogen functional groups attached to an aromatic ring is 1. The quantitative estimate of drug-likeness (QED) is 0.322. The predicted octanol–water partition coefficient (Wildman–Crippen LogP) is 5.54. The van der Waals surface area contributed by atoms with Crippen LogP contribution < -0.4 is 14.8 Å². The molecule has 32 heavy (non-hydrogen) atoms. The molecule has 0 saturated heterocycles. The van der Waals surface area contributed by atoms with Gasteiger partial charge >= 0.3 is 10.1 Å². The van der Waals surface area contributed by atoms with Crippen molar-refractivity contribution in [1.82, 2.24) is 0 Å². The molecule has 0 aromatic heterocycles. The first-order chi connectivity index (χ1) is 15.2. The minimum atomic E-state index is -4.04. The van der Waals surface area contributed by atoms with Crippen molar-refractivity contribution in [2.24, 2.45) is 0 Å². The average molecular weight is 447 g/mol. The molecule has 0 atom stereocenters. The Bertz CT molecular complexity index is 1430.